The molecule has 0 fully saturated rings. The van der Waals surface area contributed by atoms with Gasteiger partial charge < -0.3 is 14.5 Å². The van der Waals surface area contributed by atoms with Gasteiger partial charge in [-0.3, -0.25) is 4.57 Å². The fourth-order valence-electron chi connectivity index (χ4n) is 8.56. The Morgan fingerprint density at radius 3 is 1.80 bits per heavy atom. The molecule has 1 aliphatic heterocycles. The molecule has 0 unspecified atom stereocenters. The van der Waals surface area contributed by atoms with Crippen molar-refractivity contribution >= 4 is 67.8 Å². The third kappa shape index (κ3) is 5.49. The number of fused-ring (bicyclic) bond motifs is 4. The van der Waals surface area contributed by atoms with E-state index in [0.29, 0.717) is 0 Å². The number of rotatable bonds is 8. The van der Waals surface area contributed by atoms with Crippen molar-refractivity contribution < 1.29 is 4.74 Å². The van der Waals surface area contributed by atoms with E-state index in [2.05, 4.69) is 203 Å². The molecule has 0 atom stereocenters. The molecule has 0 saturated carbocycles. The van der Waals surface area contributed by atoms with Crippen molar-refractivity contribution in [3.8, 4) is 17.2 Å². The Hall–Kier alpha value is -6.89. The van der Waals surface area contributed by atoms with Crippen molar-refractivity contribution in [2.75, 3.05) is 23.5 Å². The Morgan fingerprint density at radius 1 is 0.491 bits per heavy atom. The second-order valence-corrected chi connectivity index (χ2v) is 18.0. The molecule has 264 valence electrons. The van der Waals surface area contributed by atoms with E-state index < -0.39 is 8.07 Å². The van der Waals surface area contributed by atoms with Gasteiger partial charge in [-0.05, 0) is 75.3 Å². The molecule has 0 radical (unpaired) electrons. The highest BCUT2D eigenvalue weighted by Crippen LogP contribution is 2.41. The van der Waals surface area contributed by atoms with Gasteiger partial charge in [-0.25, -0.2) is 4.98 Å². The number of aromatic nitrogens is 2. The zero-order chi connectivity index (χ0) is 36.8. The largest absolute Gasteiger partial charge is 0.457 e. The van der Waals surface area contributed by atoms with Crippen LogP contribution in [0.2, 0.25) is 0 Å². The summed E-state index contributed by atoms with van der Waals surface area (Å²) in [5.74, 6) is 1.55. The molecule has 0 N–H and O–H groups in total. The van der Waals surface area contributed by atoms with Gasteiger partial charge in [0.2, 0.25) is 0 Å². The zero-order valence-corrected chi connectivity index (χ0v) is 31.5. The van der Waals surface area contributed by atoms with Gasteiger partial charge in [-0.1, -0.05) is 127 Å². The number of nitrogens with zero attached hydrogens (tertiary/aromatic N) is 4. The minimum Gasteiger partial charge on any atom is -0.457 e. The van der Waals surface area contributed by atoms with E-state index in [1.165, 1.54) is 37.5 Å². The lowest BCUT2D eigenvalue weighted by atomic mass is 10.2. The summed E-state index contributed by atoms with van der Waals surface area (Å²) in [5.41, 5.74) is 6.51. The third-order valence-electron chi connectivity index (χ3n) is 10.9. The normalized spacial score (nSPS) is 12.7. The first-order valence-electron chi connectivity index (χ1n) is 18.7. The molecule has 2 aromatic heterocycles. The average molecular weight is 727 g/mol. The molecule has 0 amide bonds. The highest BCUT2D eigenvalue weighted by Gasteiger charge is 2.42. The predicted molar refractivity (Wildman–Crippen MR) is 231 cm³/mol. The number of para-hydroxylation sites is 3. The molecule has 7 aromatic carbocycles. The van der Waals surface area contributed by atoms with E-state index in [1.807, 2.05) is 18.3 Å². The second kappa shape index (κ2) is 13.5. The standard InChI is InChI=1S/C49H38N4OSi/c1-51-35-52(48-29-14-13-28-47(48)51)37-32-39(54-38-18-15-17-36(31-38)53-46-27-12-11-25-44(46)45-26-16-30-50-49(45)53)34-43(33-37)55(40-19-5-2-6-20-40,41-21-7-3-8-22-41)42-23-9-4-10-24-42/h2-34H,35H2,1H3. The van der Waals surface area contributed by atoms with E-state index in [1.54, 1.807) is 0 Å². The summed E-state index contributed by atoms with van der Waals surface area (Å²) >= 11 is 0. The number of pyridine rings is 1. The molecule has 10 rings (SSSR count). The minimum atomic E-state index is -2.89. The minimum absolute atomic E-state index is 0.731. The van der Waals surface area contributed by atoms with Crippen LogP contribution in [0.4, 0.5) is 17.1 Å². The molecule has 6 heteroatoms. The molecule has 5 nitrogen and oxygen atoms in total. The SMILES string of the molecule is CN1CN(c2cc(Oc3cccc(-n4c5ccccc5c5cccnc54)c3)cc([Si](c3ccccc3)(c3ccccc3)c3ccccc3)c2)c2ccccc21. The van der Waals surface area contributed by atoms with Crippen molar-refractivity contribution in [2.45, 2.75) is 0 Å². The molecule has 0 bridgehead atoms. The van der Waals surface area contributed by atoms with Crippen molar-refractivity contribution in [1.29, 1.82) is 0 Å². The van der Waals surface area contributed by atoms with Gasteiger partial charge in [0.15, 0.2) is 8.07 Å². The topological polar surface area (TPSA) is 33.5 Å². The molecule has 0 spiro atoms. The molecular weight excluding hydrogens is 689 g/mol. The number of hydrogen-bond acceptors (Lipinski definition) is 4. The van der Waals surface area contributed by atoms with Crippen LogP contribution >= 0.6 is 0 Å². The summed E-state index contributed by atoms with van der Waals surface area (Å²) in [6, 6.07) is 69.8. The first-order chi connectivity index (χ1) is 27.2. The summed E-state index contributed by atoms with van der Waals surface area (Å²) in [7, 11) is -0.729. The first-order valence-corrected chi connectivity index (χ1v) is 20.7. The van der Waals surface area contributed by atoms with Crippen LogP contribution in [0.1, 0.15) is 0 Å². The second-order valence-electron chi connectivity index (χ2n) is 14.1. The van der Waals surface area contributed by atoms with Crippen LogP contribution in [0.15, 0.2) is 200 Å². The van der Waals surface area contributed by atoms with Crippen LogP contribution in [0.5, 0.6) is 11.5 Å². The quantitative estimate of drug-likeness (QED) is 0.116. The van der Waals surface area contributed by atoms with Crippen LogP contribution in [0.25, 0.3) is 27.6 Å². The van der Waals surface area contributed by atoms with Gasteiger partial charge in [0.25, 0.3) is 0 Å². The molecular formula is C49H38N4OSi. The molecule has 3 heterocycles. The first kappa shape index (κ1) is 32.7. The van der Waals surface area contributed by atoms with Gasteiger partial charge >= 0.3 is 0 Å². The monoisotopic (exact) mass is 726 g/mol. The van der Waals surface area contributed by atoms with Crippen LogP contribution < -0.4 is 35.3 Å². The Kier molecular flexibility index (Phi) is 8.04. The Morgan fingerprint density at radius 2 is 1.09 bits per heavy atom. The van der Waals surface area contributed by atoms with E-state index in [4.69, 9.17) is 9.72 Å². The number of anilines is 3. The summed E-state index contributed by atoms with van der Waals surface area (Å²) in [6.07, 6.45) is 1.86. The summed E-state index contributed by atoms with van der Waals surface area (Å²) in [6.45, 7) is 0.731. The van der Waals surface area contributed by atoms with E-state index in [0.717, 1.165) is 46.1 Å². The molecule has 9 aromatic rings. The Labute approximate surface area is 322 Å². The number of hydrogen-bond donors (Lipinski definition) is 0. The van der Waals surface area contributed by atoms with Crippen molar-refractivity contribution in [1.82, 2.24) is 9.55 Å². The number of ether oxygens (including phenoxy) is 1. The van der Waals surface area contributed by atoms with Crippen molar-refractivity contribution in [2.24, 2.45) is 0 Å². The molecule has 55 heavy (non-hydrogen) atoms. The van der Waals surface area contributed by atoms with Crippen LogP contribution in [-0.4, -0.2) is 31.3 Å². The van der Waals surface area contributed by atoms with E-state index >= 15 is 0 Å². The predicted octanol–water partition coefficient (Wildman–Crippen LogP) is 8.89. The zero-order valence-electron chi connectivity index (χ0n) is 30.5. The fraction of sp³-hybridized carbons (Fsp3) is 0.0408. The summed E-state index contributed by atoms with van der Waals surface area (Å²) in [4.78, 5) is 9.55. The molecule has 0 aliphatic carbocycles. The Bertz CT molecular complexity index is 2650. The fourth-order valence-corrected chi connectivity index (χ4v) is 13.4. The maximum absolute atomic E-state index is 7.05. The maximum Gasteiger partial charge on any atom is 0.179 e. The van der Waals surface area contributed by atoms with Crippen LogP contribution in [0, 0.1) is 0 Å². The van der Waals surface area contributed by atoms with Gasteiger partial charge in [0.05, 0.1) is 29.2 Å². The van der Waals surface area contributed by atoms with E-state index in [9.17, 15) is 0 Å². The van der Waals surface area contributed by atoms with Crippen LogP contribution in [-0.2, 0) is 0 Å². The van der Waals surface area contributed by atoms with Crippen molar-refractivity contribution in [3.63, 3.8) is 0 Å². The molecule has 1 aliphatic rings. The lowest BCUT2D eigenvalue weighted by molar-refractivity contribution is 0.483. The highest BCUT2D eigenvalue weighted by atomic mass is 28.3. The average Bonchev–Trinajstić information content (AvgIpc) is 3.77. The summed E-state index contributed by atoms with van der Waals surface area (Å²) < 4.78 is 9.28. The van der Waals surface area contributed by atoms with Crippen LogP contribution in [0.3, 0.4) is 0 Å². The van der Waals surface area contributed by atoms with Gasteiger partial charge in [0.1, 0.15) is 17.1 Å². The van der Waals surface area contributed by atoms with Gasteiger partial charge in [0, 0.05) is 41.8 Å². The maximum atomic E-state index is 7.05. The lowest BCUT2D eigenvalue weighted by Crippen LogP contribution is -2.74. The third-order valence-corrected chi connectivity index (χ3v) is 15.7. The van der Waals surface area contributed by atoms with Gasteiger partial charge in [-0.2, -0.15) is 0 Å². The smallest absolute Gasteiger partial charge is 0.179 e. The Balaban J connectivity index is 1.19. The van der Waals surface area contributed by atoms with E-state index in [-0.39, 0.29) is 0 Å². The molecule has 0 saturated heterocycles. The van der Waals surface area contributed by atoms with Gasteiger partial charge in [-0.15, -0.1) is 0 Å². The lowest BCUT2D eigenvalue weighted by Gasteiger charge is -2.35. The summed E-state index contributed by atoms with van der Waals surface area (Å²) in [5, 5.41) is 7.50. The van der Waals surface area contributed by atoms with Crippen molar-refractivity contribution in [3.05, 3.63) is 200 Å². The highest BCUT2D eigenvalue weighted by molar-refractivity contribution is 7.20. The number of benzene rings is 7.